The molecule has 0 atom stereocenters. The zero-order valence-corrected chi connectivity index (χ0v) is 8.38. The average Bonchev–Trinajstić information content (AvgIpc) is 2.65. The zero-order chi connectivity index (χ0) is 10.2. The van der Waals surface area contributed by atoms with Gasteiger partial charge in [-0.2, -0.15) is 0 Å². The van der Waals surface area contributed by atoms with Crippen molar-refractivity contribution < 1.29 is 9.21 Å². The van der Waals surface area contributed by atoms with E-state index in [0.717, 1.165) is 19.3 Å². The summed E-state index contributed by atoms with van der Waals surface area (Å²) in [6.45, 7) is 2.84. The van der Waals surface area contributed by atoms with Crippen molar-refractivity contribution in [2.75, 3.05) is 11.9 Å². The van der Waals surface area contributed by atoms with Crippen molar-refractivity contribution in [3.8, 4) is 0 Å². The van der Waals surface area contributed by atoms with Crippen molar-refractivity contribution in [1.82, 2.24) is 5.32 Å². The molecule has 0 spiro atoms. The molecule has 0 saturated carbocycles. The largest absolute Gasteiger partial charge is 0.449 e. The number of furan rings is 1. The van der Waals surface area contributed by atoms with E-state index in [0.29, 0.717) is 12.4 Å². The number of hydrogen-bond donors (Lipinski definition) is 2. The van der Waals surface area contributed by atoms with Gasteiger partial charge in [0.1, 0.15) is 0 Å². The van der Waals surface area contributed by atoms with E-state index in [2.05, 4.69) is 17.6 Å². The highest BCUT2D eigenvalue weighted by molar-refractivity contribution is 5.87. The maximum atomic E-state index is 11.2. The molecule has 0 unspecified atom stereocenters. The fourth-order valence-corrected chi connectivity index (χ4v) is 1.08. The molecule has 0 saturated heterocycles. The summed E-state index contributed by atoms with van der Waals surface area (Å²) < 4.78 is 4.96. The van der Waals surface area contributed by atoms with Crippen LogP contribution in [0.25, 0.3) is 0 Å². The summed E-state index contributed by atoms with van der Waals surface area (Å²) in [6, 6.07) is 3.22. The third kappa shape index (κ3) is 3.98. The van der Waals surface area contributed by atoms with Gasteiger partial charge in [-0.3, -0.25) is 5.32 Å². The van der Waals surface area contributed by atoms with Crippen LogP contribution in [0.4, 0.5) is 10.7 Å². The first-order valence-electron chi connectivity index (χ1n) is 4.91. The second kappa shape index (κ2) is 6.07. The van der Waals surface area contributed by atoms with Crippen LogP contribution in [0, 0.1) is 0 Å². The monoisotopic (exact) mass is 196 g/mol. The zero-order valence-electron chi connectivity index (χ0n) is 8.38. The molecular weight excluding hydrogens is 180 g/mol. The number of nitrogens with one attached hydrogen (secondary N) is 2. The molecule has 0 aliphatic carbocycles. The van der Waals surface area contributed by atoms with Crippen LogP contribution >= 0.6 is 0 Å². The van der Waals surface area contributed by atoms with Crippen molar-refractivity contribution >= 4 is 11.9 Å². The third-order valence-electron chi connectivity index (χ3n) is 1.82. The maximum absolute atomic E-state index is 11.2. The van der Waals surface area contributed by atoms with Gasteiger partial charge in [-0.15, -0.1) is 0 Å². The van der Waals surface area contributed by atoms with Gasteiger partial charge in [0, 0.05) is 12.6 Å². The lowest BCUT2D eigenvalue weighted by atomic mass is 10.2. The van der Waals surface area contributed by atoms with Gasteiger partial charge in [0.15, 0.2) is 0 Å². The van der Waals surface area contributed by atoms with Gasteiger partial charge >= 0.3 is 6.03 Å². The SMILES string of the molecule is CCCCCNC(=O)Nc1ccco1. The summed E-state index contributed by atoms with van der Waals surface area (Å²) in [5.41, 5.74) is 0. The highest BCUT2D eigenvalue weighted by Gasteiger charge is 2.01. The minimum Gasteiger partial charge on any atom is -0.449 e. The summed E-state index contributed by atoms with van der Waals surface area (Å²) >= 11 is 0. The first-order valence-corrected chi connectivity index (χ1v) is 4.91. The Hall–Kier alpha value is -1.45. The second-order valence-electron chi connectivity index (χ2n) is 3.07. The molecule has 0 fully saturated rings. The van der Waals surface area contributed by atoms with Gasteiger partial charge in [-0.05, 0) is 12.5 Å². The average molecular weight is 196 g/mol. The fourth-order valence-electron chi connectivity index (χ4n) is 1.08. The maximum Gasteiger partial charge on any atom is 0.321 e. The molecule has 1 rings (SSSR count). The molecule has 4 nitrogen and oxygen atoms in total. The van der Waals surface area contributed by atoms with Crippen LogP contribution in [0.2, 0.25) is 0 Å². The van der Waals surface area contributed by atoms with E-state index in [4.69, 9.17) is 4.42 Å². The van der Waals surface area contributed by atoms with Crippen LogP contribution in [0.3, 0.4) is 0 Å². The van der Waals surface area contributed by atoms with Crippen molar-refractivity contribution in [3.63, 3.8) is 0 Å². The fraction of sp³-hybridized carbons (Fsp3) is 0.500. The first kappa shape index (κ1) is 10.6. The summed E-state index contributed by atoms with van der Waals surface area (Å²) in [5.74, 6) is 0.470. The normalized spacial score (nSPS) is 9.79. The van der Waals surface area contributed by atoms with E-state index >= 15 is 0 Å². The van der Waals surface area contributed by atoms with Gasteiger partial charge in [-0.1, -0.05) is 19.8 Å². The lowest BCUT2D eigenvalue weighted by molar-refractivity contribution is 0.251. The number of urea groups is 1. The number of carbonyl (C=O) groups excluding carboxylic acids is 1. The lowest BCUT2D eigenvalue weighted by Gasteiger charge is -2.04. The van der Waals surface area contributed by atoms with E-state index in [1.54, 1.807) is 12.1 Å². The molecule has 78 valence electrons. The number of anilines is 1. The molecule has 0 radical (unpaired) electrons. The van der Waals surface area contributed by atoms with Crippen LogP contribution in [-0.4, -0.2) is 12.6 Å². The van der Waals surface area contributed by atoms with Gasteiger partial charge in [0.05, 0.1) is 6.26 Å². The topological polar surface area (TPSA) is 54.3 Å². The van der Waals surface area contributed by atoms with Crippen LogP contribution < -0.4 is 10.6 Å². The Morgan fingerprint density at radius 3 is 3.00 bits per heavy atom. The third-order valence-corrected chi connectivity index (χ3v) is 1.82. The van der Waals surface area contributed by atoms with Gasteiger partial charge in [0.2, 0.25) is 5.88 Å². The standard InChI is InChI=1S/C10H16N2O2/c1-2-3-4-7-11-10(13)12-9-6-5-8-14-9/h5-6,8H,2-4,7H2,1H3,(H2,11,12,13). The molecule has 0 aliphatic heterocycles. The summed E-state index contributed by atoms with van der Waals surface area (Å²) in [6.07, 6.45) is 4.83. The van der Waals surface area contributed by atoms with Gasteiger partial charge in [-0.25, -0.2) is 4.79 Å². The lowest BCUT2D eigenvalue weighted by Crippen LogP contribution is -2.29. The molecule has 1 aromatic heterocycles. The van der Waals surface area contributed by atoms with Gasteiger partial charge in [0.25, 0.3) is 0 Å². The van der Waals surface area contributed by atoms with Gasteiger partial charge < -0.3 is 9.73 Å². The van der Waals surface area contributed by atoms with Crippen molar-refractivity contribution in [2.45, 2.75) is 26.2 Å². The predicted molar refractivity (Wildman–Crippen MR) is 55.3 cm³/mol. The number of rotatable bonds is 5. The summed E-state index contributed by atoms with van der Waals surface area (Å²) in [4.78, 5) is 11.2. The van der Waals surface area contributed by atoms with E-state index < -0.39 is 0 Å². The number of amides is 2. The number of carbonyl (C=O) groups is 1. The van der Waals surface area contributed by atoms with E-state index in [1.807, 2.05) is 0 Å². The van der Waals surface area contributed by atoms with E-state index in [-0.39, 0.29) is 6.03 Å². The second-order valence-corrected chi connectivity index (χ2v) is 3.07. The smallest absolute Gasteiger partial charge is 0.321 e. The first-order chi connectivity index (χ1) is 6.83. The highest BCUT2D eigenvalue weighted by Crippen LogP contribution is 2.05. The van der Waals surface area contributed by atoms with Crippen molar-refractivity contribution in [1.29, 1.82) is 0 Å². The van der Waals surface area contributed by atoms with Crippen molar-refractivity contribution in [3.05, 3.63) is 18.4 Å². The Balaban J connectivity index is 2.11. The molecule has 2 amide bonds. The Kier molecular flexibility index (Phi) is 4.61. The van der Waals surface area contributed by atoms with Crippen molar-refractivity contribution in [2.24, 2.45) is 0 Å². The Morgan fingerprint density at radius 1 is 1.50 bits per heavy atom. The quantitative estimate of drug-likeness (QED) is 0.711. The minimum absolute atomic E-state index is 0.212. The molecule has 2 N–H and O–H groups in total. The minimum atomic E-state index is -0.212. The number of unbranched alkanes of at least 4 members (excludes halogenated alkanes) is 2. The van der Waals surface area contributed by atoms with Crippen LogP contribution in [0.1, 0.15) is 26.2 Å². The molecule has 1 aromatic rings. The van der Waals surface area contributed by atoms with Crippen LogP contribution in [-0.2, 0) is 0 Å². The number of hydrogen-bond acceptors (Lipinski definition) is 2. The molecular formula is C10H16N2O2. The molecule has 4 heteroatoms. The Labute approximate surface area is 83.7 Å². The highest BCUT2D eigenvalue weighted by atomic mass is 16.3. The molecule has 0 aliphatic rings. The molecule has 0 bridgehead atoms. The van der Waals surface area contributed by atoms with Crippen LogP contribution in [0.5, 0.6) is 0 Å². The predicted octanol–water partition coefficient (Wildman–Crippen LogP) is 2.59. The summed E-state index contributed by atoms with van der Waals surface area (Å²) in [7, 11) is 0. The Morgan fingerprint density at radius 2 is 2.36 bits per heavy atom. The van der Waals surface area contributed by atoms with E-state index in [9.17, 15) is 4.79 Å². The summed E-state index contributed by atoms with van der Waals surface area (Å²) in [5, 5.41) is 5.33. The van der Waals surface area contributed by atoms with E-state index in [1.165, 1.54) is 6.26 Å². The van der Waals surface area contributed by atoms with Crippen LogP contribution in [0.15, 0.2) is 22.8 Å². The Bertz CT molecular complexity index is 257. The molecule has 14 heavy (non-hydrogen) atoms. The molecule has 0 aromatic carbocycles. The molecule has 1 heterocycles.